The number of carbonyl (C=O) groups is 1. The van der Waals surface area contributed by atoms with E-state index in [1.54, 1.807) is 18.2 Å². The summed E-state index contributed by atoms with van der Waals surface area (Å²) in [6.45, 7) is 0.629. The summed E-state index contributed by atoms with van der Waals surface area (Å²) in [4.78, 5) is 29.6. The van der Waals surface area contributed by atoms with Gasteiger partial charge < -0.3 is 15.5 Å². The van der Waals surface area contributed by atoms with Gasteiger partial charge in [0.1, 0.15) is 5.82 Å². The van der Waals surface area contributed by atoms with Crippen LogP contribution in [0.5, 0.6) is 0 Å². The lowest BCUT2D eigenvalue weighted by Crippen LogP contribution is -2.33. The van der Waals surface area contributed by atoms with E-state index in [2.05, 4.69) is 27.7 Å². The summed E-state index contributed by atoms with van der Waals surface area (Å²) < 4.78 is 0. The van der Waals surface area contributed by atoms with E-state index in [1.165, 1.54) is 18.2 Å². The lowest BCUT2D eigenvalue weighted by atomic mass is 9.86. The third-order valence-corrected chi connectivity index (χ3v) is 6.45. The van der Waals surface area contributed by atoms with Gasteiger partial charge in [-0.15, -0.1) is 0 Å². The van der Waals surface area contributed by atoms with Gasteiger partial charge in [-0.05, 0) is 49.3 Å². The second-order valence-corrected chi connectivity index (χ2v) is 9.23. The number of hydrogen-bond acceptors (Lipinski definition) is 6. The van der Waals surface area contributed by atoms with Crippen molar-refractivity contribution in [3.63, 3.8) is 0 Å². The normalized spacial score (nSPS) is 17.9. The van der Waals surface area contributed by atoms with Gasteiger partial charge in [0, 0.05) is 62.0 Å². The minimum atomic E-state index is -0.445. The lowest BCUT2D eigenvalue weighted by molar-refractivity contribution is -0.384. The second kappa shape index (κ2) is 11.0. The summed E-state index contributed by atoms with van der Waals surface area (Å²) in [7, 11) is 4.09. The van der Waals surface area contributed by atoms with Gasteiger partial charge in [0.25, 0.3) is 5.69 Å². The van der Waals surface area contributed by atoms with Crippen LogP contribution in [0.3, 0.4) is 0 Å². The molecule has 1 aliphatic carbocycles. The standard InChI is InChI=1S/C27H31N5O3/c1-31(2)25-17-26(30-24-9-4-3-8-23(24)25)29-21-13-10-20(11-14-21)18-28-27(33)15-12-19-6-5-7-22(16-19)32(34)35/h3-9,12,15-17,20-21H,10-11,13-14,18H2,1-2H3,(H,28,33)(H,29,30)/b15-12+. The molecule has 35 heavy (non-hydrogen) atoms. The average Bonchev–Trinajstić information content (AvgIpc) is 2.86. The molecule has 0 atom stereocenters. The summed E-state index contributed by atoms with van der Waals surface area (Å²) in [5.41, 5.74) is 2.76. The molecule has 0 aliphatic heterocycles. The molecule has 0 saturated heterocycles. The van der Waals surface area contributed by atoms with Gasteiger partial charge in [-0.2, -0.15) is 0 Å². The molecule has 8 heteroatoms. The Balaban J connectivity index is 1.26. The maximum Gasteiger partial charge on any atom is 0.270 e. The van der Waals surface area contributed by atoms with E-state index in [4.69, 9.17) is 4.98 Å². The first kappa shape index (κ1) is 24.2. The van der Waals surface area contributed by atoms with Crippen LogP contribution in [0.25, 0.3) is 17.0 Å². The fourth-order valence-corrected chi connectivity index (χ4v) is 4.54. The van der Waals surface area contributed by atoms with Crippen LogP contribution in [-0.2, 0) is 4.79 Å². The molecule has 1 amide bonds. The maximum atomic E-state index is 12.2. The van der Waals surface area contributed by atoms with Crippen molar-refractivity contribution in [1.29, 1.82) is 0 Å². The molecule has 3 aromatic rings. The highest BCUT2D eigenvalue weighted by molar-refractivity contribution is 5.93. The summed E-state index contributed by atoms with van der Waals surface area (Å²) in [6.07, 6.45) is 7.13. The zero-order valence-electron chi connectivity index (χ0n) is 20.1. The van der Waals surface area contributed by atoms with E-state index >= 15 is 0 Å². The number of non-ortho nitro benzene ring substituents is 1. The van der Waals surface area contributed by atoms with Crippen LogP contribution < -0.4 is 15.5 Å². The highest BCUT2D eigenvalue weighted by Crippen LogP contribution is 2.30. The number of hydrogen-bond donors (Lipinski definition) is 2. The number of carbonyl (C=O) groups excluding carboxylic acids is 1. The van der Waals surface area contributed by atoms with Crippen molar-refractivity contribution in [1.82, 2.24) is 10.3 Å². The van der Waals surface area contributed by atoms with Crippen LogP contribution in [0.4, 0.5) is 17.2 Å². The largest absolute Gasteiger partial charge is 0.377 e. The van der Waals surface area contributed by atoms with Crippen molar-refractivity contribution < 1.29 is 9.72 Å². The first-order valence-corrected chi connectivity index (χ1v) is 11.9. The Labute approximate surface area is 205 Å². The predicted octanol–water partition coefficient (Wildman–Crippen LogP) is 5.01. The van der Waals surface area contributed by atoms with Crippen LogP contribution in [0.2, 0.25) is 0 Å². The zero-order valence-corrected chi connectivity index (χ0v) is 20.1. The fourth-order valence-electron chi connectivity index (χ4n) is 4.54. The Morgan fingerprint density at radius 1 is 1.11 bits per heavy atom. The molecule has 0 radical (unpaired) electrons. The number of nitro groups is 1. The maximum absolute atomic E-state index is 12.2. The van der Waals surface area contributed by atoms with Crippen molar-refractivity contribution in [2.45, 2.75) is 31.7 Å². The molecule has 8 nitrogen and oxygen atoms in total. The molecule has 4 rings (SSSR count). The van der Waals surface area contributed by atoms with Crippen LogP contribution in [0.15, 0.2) is 60.7 Å². The van der Waals surface area contributed by atoms with Gasteiger partial charge in [0.15, 0.2) is 0 Å². The molecule has 1 fully saturated rings. The molecule has 1 heterocycles. The highest BCUT2D eigenvalue weighted by Gasteiger charge is 2.22. The van der Waals surface area contributed by atoms with Gasteiger partial charge >= 0.3 is 0 Å². The van der Waals surface area contributed by atoms with Gasteiger partial charge in [-0.3, -0.25) is 14.9 Å². The molecule has 0 unspecified atom stereocenters. The van der Waals surface area contributed by atoms with Gasteiger partial charge in [-0.1, -0.05) is 30.3 Å². The third kappa shape index (κ3) is 6.35. The molecule has 1 aliphatic rings. The highest BCUT2D eigenvalue weighted by atomic mass is 16.6. The number of amides is 1. The van der Waals surface area contributed by atoms with Gasteiger partial charge in [0.2, 0.25) is 5.91 Å². The van der Waals surface area contributed by atoms with Gasteiger partial charge in [-0.25, -0.2) is 4.98 Å². The number of nitro benzene ring substituents is 1. The third-order valence-electron chi connectivity index (χ3n) is 6.45. The minimum absolute atomic E-state index is 0.00903. The van der Waals surface area contributed by atoms with E-state index in [0.29, 0.717) is 24.1 Å². The Bertz CT molecular complexity index is 1230. The van der Waals surface area contributed by atoms with Crippen molar-refractivity contribution >= 4 is 40.1 Å². The van der Waals surface area contributed by atoms with Crippen LogP contribution in [0, 0.1) is 16.0 Å². The van der Waals surface area contributed by atoms with Crippen molar-refractivity contribution in [3.05, 3.63) is 76.4 Å². The minimum Gasteiger partial charge on any atom is -0.377 e. The number of pyridine rings is 1. The number of rotatable bonds is 8. The van der Waals surface area contributed by atoms with E-state index in [1.807, 2.05) is 32.3 Å². The predicted molar refractivity (Wildman–Crippen MR) is 141 cm³/mol. The van der Waals surface area contributed by atoms with Crippen LogP contribution in [0.1, 0.15) is 31.2 Å². The number of fused-ring (bicyclic) bond motifs is 1. The molecule has 1 aromatic heterocycles. The Morgan fingerprint density at radius 3 is 2.63 bits per heavy atom. The first-order chi connectivity index (χ1) is 16.9. The molecular weight excluding hydrogens is 442 g/mol. The molecule has 182 valence electrons. The van der Waals surface area contributed by atoms with Crippen molar-refractivity contribution in [3.8, 4) is 0 Å². The summed E-state index contributed by atoms with van der Waals surface area (Å²) in [5.74, 6) is 1.15. The lowest BCUT2D eigenvalue weighted by Gasteiger charge is -2.30. The van der Waals surface area contributed by atoms with E-state index < -0.39 is 4.92 Å². The number of anilines is 2. The van der Waals surface area contributed by atoms with Gasteiger partial charge in [0.05, 0.1) is 10.4 Å². The van der Waals surface area contributed by atoms with Crippen molar-refractivity contribution in [2.75, 3.05) is 30.9 Å². The van der Waals surface area contributed by atoms with E-state index in [0.717, 1.165) is 48.1 Å². The summed E-state index contributed by atoms with van der Waals surface area (Å²) in [6, 6.07) is 16.9. The number of nitrogens with zero attached hydrogens (tertiary/aromatic N) is 3. The van der Waals surface area contributed by atoms with Crippen LogP contribution in [-0.4, -0.2) is 42.5 Å². The quantitative estimate of drug-likeness (QED) is 0.271. The average molecular weight is 474 g/mol. The summed E-state index contributed by atoms with van der Waals surface area (Å²) in [5, 5.41) is 18.6. The number of para-hydroxylation sites is 1. The number of nitrogens with one attached hydrogen (secondary N) is 2. The van der Waals surface area contributed by atoms with E-state index in [9.17, 15) is 14.9 Å². The molecule has 1 saturated carbocycles. The zero-order chi connectivity index (χ0) is 24.8. The molecule has 2 N–H and O–H groups in total. The molecule has 0 spiro atoms. The SMILES string of the molecule is CN(C)c1cc(NC2CCC(CNC(=O)/C=C/c3cccc([N+](=O)[O-])c3)CC2)nc2ccccc12. The molecular formula is C27H31N5O3. The fraction of sp³-hybridized carbons (Fsp3) is 0.333. The Morgan fingerprint density at radius 2 is 1.89 bits per heavy atom. The Kier molecular flexibility index (Phi) is 7.60. The first-order valence-electron chi connectivity index (χ1n) is 11.9. The van der Waals surface area contributed by atoms with Crippen LogP contribution >= 0.6 is 0 Å². The topological polar surface area (TPSA) is 100 Å². The Hall–Kier alpha value is -3.94. The van der Waals surface area contributed by atoms with E-state index in [-0.39, 0.29) is 11.6 Å². The monoisotopic (exact) mass is 473 g/mol. The molecule has 2 aromatic carbocycles. The number of aromatic nitrogens is 1. The molecule has 0 bridgehead atoms. The summed E-state index contributed by atoms with van der Waals surface area (Å²) >= 11 is 0. The second-order valence-electron chi connectivity index (χ2n) is 9.23. The van der Waals surface area contributed by atoms with Crippen molar-refractivity contribution in [2.24, 2.45) is 5.92 Å². The smallest absolute Gasteiger partial charge is 0.270 e. The number of benzene rings is 2.